The van der Waals surface area contributed by atoms with Crippen LogP contribution in [0.2, 0.25) is 0 Å². The largest absolute Gasteiger partial charge is 0.481 e. The van der Waals surface area contributed by atoms with E-state index in [-0.39, 0.29) is 24.4 Å². The number of aliphatic carboxylic acids is 1. The number of carbonyl (C=O) groups is 2. The average molecular weight is 323 g/mol. The van der Waals surface area contributed by atoms with Crippen molar-refractivity contribution in [2.45, 2.75) is 26.3 Å². The van der Waals surface area contributed by atoms with Gasteiger partial charge in [0, 0.05) is 18.5 Å². The molecule has 7 nitrogen and oxygen atoms in total. The fourth-order valence-corrected chi connectivity index (χ4v) is 2.98. The molecule has 0 saturated carbocycles. The standard InChI is InChI=1S/C14H17N3O4S/c1-8-6-10-12(22-8)15-7-17(14(10)21)9(2)13(20)16(3)5-4-11(18)19/h6-7,9H,4-5H2,1-3H3,(H,18,19). The molecule has 118 valence electrons. The third-order valence-corrected chi connectivity index (χ3v) is 4.37. The maximum atomic E-state index is 12.4. The van der Waals surface area contributed by atoms with Crippen molar-refractivity contribution < 1.29 is 14.7 Å². The van der Waals surface area contributed by atoms with Crippen LogP contribution in [-0.2, 0) is 9.59 Å². The molecule has 0 spiro atoms. The first-order valence-electron chi connectivity index (χ1n) is 6.75. The third kappa shape index (κ3) is 3.16. The smallest absolute Gasteiger partial charge is 0.305 e. The van der Waals surface area contributed by atoms with E-state index in [0.717, 1.165) is 4.88 Å². The molecule has 2 aromatic heterocycles. The predicted molar refractivity (Wildman–Crippen MR) is 83.2 cm³/mol. The number of hydrogen-bond acceptors (Lipinski definition) is 5. The molecule has 22 heavy (non-hydrogen) atoms. The maximum absolute atomic E-state index is 12.4. The van der Waals surface area contributed by atoms with E-state index in [4.69, 9.17) is 5.11 Å². The Morgan fingerprint density at radius 2 is 2.18 bits per heavy atom. The summed E-state index contributed by atoms with van der Waals surface area (Å²) in [4.78, 5) is 42.5. The van der Waals surface area contributed by atoms with Crippen LogP contribution >= 0.6 is 11.3 Å². The van der Waals surface area contributed by atoms with Crippen LogP contribution in [0.15, 0.2) is 17.2 Å². The van der Waals surface area contributed by atoms with Gasteiger partial charge in [0.2, 0.25) is 5.91 Å². The van der Waals surface area contributed by atoms with Gasteiger partial charge in [0.05, 0.1) is 18.1 Å². The Labute approximate surface area is 130 Å². The van der Waals surface area contributed by atoms with Crippen LogP contribution in [0.4, 0.5) is 0 Å². The summed E-state index contributed by atoms with van der Waals surface area (Å²) in [5.74, 6) is -1.29. The van der Waals surface area contributed by atoms with Crippen molar-refractivity contribution in [2.24, 2.45) is 0 Å². The third-order valence-electron chi connectivity index (χ3n) is 3.41. The van der Waals surface area contributed by atoms with Crippen LogP contribution in [0.1, 0.15) is 24.3 Å². The van der Waals surface area contributed by atoms with Crippen molar-refractivity contribution in [1.29, 1.82) is 0 Å². The molecule has 8 heteroatoms. The molecule has 2 rings (SSSR count). The molecule has 0 fully saturated rings. The minimum Gasteiger partial charge on any atom is -0.481 e. The Hall–Kier alpha value is -2.22. The fourth-order valence-electron chi connectivity index (χ4n) is 2.14. The van der Waals surface area contributed by atoms with Gasteiger partial charge < -0.3 is 10.0 Å². The van der Waals surface area contributed by atoms with Gasteiger partial charge in [-0.05, 0) is 19.9 Å². The minimum absolute atomic E-state index is 0.0977. The lowest BCUT2D eigenvalue weighted by molar-refractivity contribution is -0.138. The zero-order chi connectivity index (χ0) is 16.4. The first-order chi connectivity index (χ1) is 10.3. The summed E-state index contributed by atoms with van der Waals surface area (Å²) < 4.78 is 1.29. The highest BCUT2D eigenvalue weighted by atomic mass is 32.1. The Kier molecular flexibility index (Phi) is 4.60. The lowest BCUT2D eigenvalue weighted by Crippen LogP contribution is -2.38. The van der Waals surface area contributed by atoms with Gasteiger partial charge in [-0.15, -0.1) is 11.3 Å². The van der Waals surface area contributed by atoms with E-state index in [2.05, 4.69) is 4.98 Å². The minimum atomic E-state index is -0.971. The molecule has 0 saturated heterocycles. The summed E-state index contributed by atoms with van der Waals surface area (Å²) in [6, 6.07) is 1.03. The van der Waals surface area contributed by atoms with Crippen molar-refractivity contribution in [3.8, 4) is 0 Å². The number of amides is 1. The number of fused-ring (bicyclic) bond motifs is 1. The summed E-state index contributed by atoms with van der Waals surface area (Å²) in [6.07, 6.45) is 1.24. The van der Waals surface area contributed by atoms with Crippen LogP contribution in [0, 0.1) is 6.92 Å². The molecule has 0 aliphatic carbocycles. The zero-order valence-electron chi connectivity index (χ0n) is 12.6. The molecular formula is C14H17N3O4S. The first kappa shape index (κ1) is 16.2. The average Bonchev–Trinajstić information content (AvgIpc) is 2.85. The van der Waals surface area contributed by atoms with E-state index < -0.39 is 12.0 Å². The molecule has 1 atom stereocenters. The summed E-state index contributed by atoms with van der Waals surface area (Å²) in [6.45, 7) is 3.60. The van der Waals surface area contributed by atoms with E-state index in [9.17, 15) is 14.4 Å². The van der Waals surface area contributed by atoms with E-state index >= 15 is 0 Å². The SMILES string of the molecule is Cc1cc2c(=O)n(C(C)C(=O)N(C)CCC(=O)O)cnc2s1. The number of rotatable bonds is 5. The number of nitrogens with zero attached hydrogens (tertiary/aromatic N) is 3. The second kappa shape index (κ2) is 6.27. The van der Waals surface area contributed by atoms with Crippen LogP contribution < -0.4 is 5.56 Å². The Morgan fingerprint density at radius 1 is 1.50 bits per heavy atom. The number of aromatic nitrogens is 2. The monoisotopic (exact) mass is 323 g/mol. The highest BCUT2D eigenvalue weighted by Crippen LogP contribution is 2.20. The van der Waals surface area contributed by atoms with E-state index in [0.29, 0.717) is 10.2 Å². The molecule has 1 amide bonds. The molecule has 0 bridgehead atoms. The topological polar surface area (TPSA) is 92.5 Å². The Morgan fingerprint density at radius 3 is 2.82 bits per heavy atom. The number of hydrogen-bond donors (Lipinski definition) is 1. The number of aryl methyl sites for hydroxylation is 1. The lowest BCUT2D eigenvalue weighted by Gasteiger charge is -2.21. The predicted octanol–water partition coefficient (Wildman–Crippen LogP) is 1.26. The molecule has 2 aromatic rings. The molecule has 0 aromatic carbocycles. The van der Waals surface area contributed by atoms with Gasteiger partial charge in [-0.3, -0.25) is 19.0 Å². The van der Waals surface area contributed by atoms with E-state index in [1.54, 1.807) is 13.0 Å². The van der Waals surface area contributed by atoms with Crippen LogP contribution in [0.5, 0.6) is 0 Å². The van der Waals surface area contributed by atoms with E-state index in [1.165, 1.54) is 34.2 Å². The quantitative estimate of drug-likeness (QED) is 0.894. The summed E-state index contributed by atoms with van der Waals surface area (Å²) in [7, 11) is 1.52. The Balaban J connectivity index is 2.27. The Bertz CT molecular complexity index is 780. The summed E-state index contributed by atoms with van der Waals surface area (Å²) in [5.41, 5.74) is -0.262. The normalized spacial score (nSPS) is 12.3. The first-order valence-corrected chi connectivity index (χ1v) is 7.57. The van der Waals surface area contributed by atoms with Crippen molar-refractivity contribution >= 4 is 33.4 Å². The summed E-state index contributed by atoms with van der Waals surface area (Å²) in [5, 5.41) is 9.16. The zero-order valence-corrected chi connectivity index (χ0v) is 13.4. The van der Waals surface area contributed by atoms with Gasteiger partial charge in [0.25, 0.3) is 5.56 Å². The lowest BCUT2D eigenvalue weighted by atomic mass is 10.2. The molecule has 2 heterocycles. The summed E-state index contributed by atoms with van der Waals surface area (Å²) >= 11 is 1.43. The molecule has 1 unspecified atom stereocenters. The van der Waals surface area contributed by atoms with Crippen molar-refractivity contribution in [3.05, 3.63) is 27.6 Å². The van der Waals surface area contributed by atoms with Crippen LogP contribution in [-0.4, -0.2) is 45.0 Å². The number of carboxylic acid groups (broad SMARTS) is 1. The molecule has 1 N–H and O–H groups in total. The number of carbonyl (C=O) groups excluding carboxylic acids is 1. The second-order valence-electron chi connectivity index (χ2n) is 5.11. The van der Waals surface area contributed by atoms with Crippen molar-refractivity contribution in [3.63, 3.8) is 0 Å². The van der Waals surface area contributed by atoms with Crippen molar-refractivity contribution in [1.82, 2.24) is 14.5 Å². The van der Waals surface area contributed by atoms with Gasteiger partial charge in [-0.2, -0.15) is 0 Å². The number of carboxylic acids is 1. The number of likely N-dealkylation sites (N-methyl/N-ethyl adjacent to an activating group) is 1. The van der Waals surface area contributed by atoms with Gasteiger partial charge >= 0.3 is 5.97 Å². The highest BCUT2D eigenvalue weighted by molar-refractivity contribution is 7.18. The van der Waals surface area contributed by atoms with Crippen LogP contribution in [0.25, 0.3) is 10.2 Å². The fraction of sp³-hybridized carbons (Fsp3) is 0.429. The highest BCUT2D eigenvalue weighted by Gasteiger charge is 2.21. The second-order valence-corrected chi connectivity index (χ2v) is 6.35. The maximum Gasteiger partial charge on any atom is 0.305 e. The van der Waals surface area contributed by atoms with Gasteiger partial charge in [-0.25, -0.2) is 4.98 Å². The van der Waals surface area contributed by atoms with E-state index in [1.807, 2.05) is 6.92 Å². The van der Waals surface area contributed by atoms with Crippen LogP contribution in [0.3, 0.4) is 0 Å². The molecule has 0 radical (unpaired) electrons. The number of thiophene rings is 1. The van der Waals surface area contributed by atoms with Gasteiger partial charge in [-0.1, -0.05) is 0 Å². The molecule has 0 aliphatic heterocycles. The van der Waals surface area contributed by atoms with Gasteiger partial charge in [0.1, 0.15) is 10.9 Å². The van der Waals surface area contributed by atoms with Gasteiger partial charge in [0.15, 0.2) is 0 Å². The molecule has 0 aliphatic rings. The van der Waals surface area contributed by atoms with Crippen molar-refractivity contribution in [2.75, 3.05) is 13.6 Å². The molecular weight excluding hydrogens is 306 g/mol.